The molecule has 5 rings (SSSR count). The molecule has 2 saturated heterocycles. The number of ether oxygens (including phenoxy) is 1. The molecule has 3 aromatic rings. The summed E-state index contributed by atoms with van der Waals surface area (Å²) in [6, 6.07) is 14.5. The lowest BCUT2D eigenvalue weighted by molar-refractivity contribution is -0.193. The van der Waals surface area contributed by atoms with E-state index < -0.39 is 42.0 Å². The number of amides is 1. The van der Waals surface area contributed by atoms with E-state index in [2.05, 4.69) is 14.9 Å². The standard InChI is InChI=1S/C25H25FN4O2.3C2HF3O2/c26-23-6-2-1-4-21(23)16-29-17-22(20-5-3-9-28-14-20)25(18-29)24(31)30(12-13-32-25)15-19-7-10-27-11-8-19;3*3-2(4,5)1(6)7/h1-11,14,22H,12-13,15-18H2;3*(H,6,7). The van der Waals surface area contributed by atoms with Crippen molar-refractivity contribution in [2.24, 2.45) is 0 Å². The number of carboxylic acid groups (broad SMARTS) is 3. The number of morpholine rings is 1. The molecule has 2 unspecified atom stereocenters. The Morgan fingerprint density at radius 1 is 0.774 bits per heavy atom. The van der Waals surface area contributed by atoms with Crippen LogP contribution in [-0.4, -0.2) is 109 Å². The second kappa shape index (κ2) is 18.4. The second-order valence-corrected chi connectivity index (χ2v) is 10.8. The molecule has 290 valence electrons. The molecule has 2 aliphatic rings. The highest BCUT2D eigenvalue weighted by atomic mass is 19.4. The Labute approximate surface area is 292 Å². The number of alkyl halides is 9. The van der Waals surface area contributed by atoms with Gasteiger partial charge in [0, 0.05) is 69.0 Å². The van der Waals surface area contributed by atoms with Crippen LogP contribution in [0.1, 0.15) is 22.6 Å². The van der Waals surface area contributed by atoms with Crippen molar-refractivity contribution >= 4 is 23.8 Å². The van der Waals surface area contributed by atoms with Crippen molar-refractivity contribution in [2.75, 3.05) is 26.2 Å². The van der Waals surface area contributed by atoms with Gasteiger partial charge in [-0.2, -0.15) is 39.5 Å². The zero-order chi connectivity index (χ0) is 40.2. The first kappa shape index (κ1) is 43.8. The quantitative estimate of drug-likeness (QED) is 0.301. The number of nitrogens with zero attached hydrogens (tertiary/aromatic N) is 4. The van der Waals surface area contributed by atoms with Crippen molar-refractivity contribution in [3.05, 3.63) is 95.8 Å². The molecule has 0 aliphatic carbocycles. The third-order valence-electron chi connectivity index (χ3n) is 7.12. The fourth-order valence-electron chi connectivity index (χ4n) is 4.85. The number of carboxylic acids is 3. The third-order valence-corrected chi connectivity index (χ3v) is 7.12. The number of benzene rings is 1. The minimum Gasteiger partial charge on any atom is -0.475 e. The Kier molecular flexibility index (Phi) is 15.2. The summed E-state index contributed by atoms with van der Waals surface area (Å²) in [4.78, 5) is 52.9. The van der Waals surface area contributed by atoms with Crippen LogP contribution in [0.25, 0.3) is 0 Å². The molecular weight excluding hydrogens is 746 g/mol. The van der Waals surface area contributed by atoms with Crippen LogP contribution in [-0.2, 0) is 37.0 Å². The molecular formula is C31H28F10N4O8. The molecule has 2 fully saturated rings. The van der Waals surface area contributed by atoms with Gasteiger partial charge in [-0.05, 0) is 35.4 Å². The number of carbonyl (C=O) groups excluding carboxylic acids is 1. The van der Waals surface area contributed by atoms with Gasteiger partial charge in [0.25, 0.3) is 5.91 Å². The number of likely N-dealkylation sites (tertiary alicyclic amines) is 1. The smallest absolute Gasteiger partial charge is 0.475 e. The van der Waals surface area contributed by atoms with Gasteiger partial charge in [0.2, 0.25) is 0 Å². The molecule has 0 bridgehead atoms. The van der Waals surface area contributed by atoms with Gasteiger partial charge in [0.05, 0.1) is 6.61 Å². The van der Waals surface area contributed by atoms with E-state index in [1.807, 2.05) is 35.2 Å². The molecule has 2 aliphatic heterocycles. The first-order valence-corrected chi connectivity index (χ1v) is 14.6. The summed E-state index contributed by atoms with van der Waals surface area (Å²) in [5, 5.41) is 21.4. The van der Waals surface area contributed by atoms with E-state index in [4.69, 9.17) is 34.4 Å². The molecule has 53 heavy (non-hydrogen) atoms. The Balaban J connectivity index is 0.000000379. The van der Waals surface area contributed by atoms with E-state index in [9.17, 15) is 48.7 Å². The average molecular weight is 775 g/mol. The van der Waals surface area contributed by atoms with Gasteiger partial charge >= 0.3 is 36.4 Å². The molecule has 0 radical (unpaired) electrons. The normalized spacial score (nSPS) is 18.8. The number of aliphatic carboxylic acids is 3. The number of hydrogen-bond donors (Lipinski definition) is 3. The van der Waals surface area contributed by atoms with Gasteiger partial charge in [-0.15, -0.1) is 0 Å². The lowest BCUT2D eigenvalue weighted by Gasteiger charge is -2.42. The summed E-state index contributed by atoms with van der Waals surface area (Å²) in [5.74, 6) is -8.71. The van der Waals surface area contributed by atoms with E-state index >= 15 is 0 Å². The average Bonchev–Trinajstić information content (AvgIpc) is 3.43. The fourth-order valence-corrected chi connectivity index (χ4v) is 4.85. The van der Waals surface area contributed by atoms with Gasteiger partial charge in [0.15, 0.2) is 5.60 Å². The van der Waals surface area contributed by atoms with Crippen LogP contribution in [0.15, 0.2) is 73.3 Å². The topological polar surface area (TPSA) is 170 Å². The van der Waals surface area contributed by atoms with E-state index in [-0.39, 0.29) is 17.6 Å². The molecule has 22 heteroatoms. The molecule has 4 heterocycles. The third kappa shape index (κ3) is 13.3. The summed E-state index contributed by atoms with van der Waals surface area (Å²) in [6.07, 6.45) is -8.25. The van der Waals surface area contributed by atoms with Crippen LogP contribution in [0.3, 0.4) is 0 Å². The summed E-state index contributed by atoms with van der Waals surface area (Å²) in [7, 11) is 0. The zero-order valence-electron chi connectivity index (χ0n) is 26.7. The van der Waals surface area contributed by atoms with Gasteiger partial charge in [-0.3, -0.25) is 19.7 Å². The molecule has 2 aromatic heterocycles. The van der Waals surface area contributed by atoms with Crippen molar-refractivity contribution in [1.29, 1.82) is 0 Å². The highest BCUT2D eigenvalue weighted by Crippen LogP contribution is 2.42. The predicted octanol–water partition coefficient (Wildman–Crippen LogP) is 4.91. The Morgan fingerprint density at radius 2 is 1.30 bits per heavy atom. The van der Waals surface area contributed by atoms with Gasteiger partial charge < -0.3 is 25.0 Å². The summed E-state index contributed by atoms with van der Waals surface area (Å²) < 4.78 is 116. The van der Waals surface area contributed by atoms with Gasteiger partial charge in [-0.1, -0.05) is 24.3 Å². The van der Waals surface area contributed by atoms with E-state index in [0.29, 0.717) is 44.9 Å². The second-order valence-electron chi connectivity index (χ2n) is 10.8. The van der Waals surface area contributed by atoms with Crippen LogP contribution < -0.4 is 0 Å². The van der Waals surface area contributed by atoms with Crippen molar-refractivity contribution in [3.63, 3.8) is 0 Å². The number of carbonyl (C=O) groups is 4. The molecule has 1 aromatic carbocycles. The SMILES string of the molecule is O=C(O)C(F)(F)F.O=C(O)C(F)(F)F.O=C(O)C(F)(F)F.O=C1N(Cc2ccncc2)CCOC12CN(Cc1ccccc1F)CC2c1cccnc1. The number of halogens is 10. The monoisotopic (exact) mass is 774 g/mol. The molecule has 1 amide bonds. The Hall–Kier alpha value is -5.38. The summed E-state index contributed by atoms with van der Waals surface area (Å²) in [5.41, 5.74) is 1.60. The molecule has 1 spiro atoms. The van der Waals surface area contributed by atoms with Crippen LogP contribution in [0, 0.1) is 5.82 Å². The van der Waals surface area contributed by atoms with Crippen molar-refractivity contribution in [1.82, 2.24) is 19.8 Å². The largest absolute Gasteiger partial charge is 0.490 e. The van der Waals surface area contributed by atoms with Gasteiger partial charge in [0.1, 0.15) is 5.82 Å². The maximum absolute atomic E-state index is 14.3. The summed E-state index contributed by atoms with van der Waals surface area (Å²) >= 11 is 0. The maximum atomic E-state index is 14.3. The van der Waals surface area contributed by atoms with Crippen molar-refractivity contribution in [2.45, 2.75) is 43.1 Å². The lowest BCUT2D eigenvalue weighted by Crippen LogP contribution is -2.59. The van der Waals surface area contributed by atoms with E-state index in [1.54, 1.807) is 36.9 Å². The van der Waals surface area contributed by atoms with Crippen molar-refractivity contribution < 1.29 is 83.1 Å². The van der Waals surface area contributed by atoms with Crippen LogP contribution >= 0.6 is 0 Å². The molecule has 3 N–H and O–H groups in total. The number of hydrogen-bond acceptors (Lipinski definition) is 8. The highest BCUT2D eigenvalue weighted by molar-refractivity contribution is 5.88. The fraction of sp³-hybridized carbons (Fsp3) is 0.355. The molecule has 0 saturated carbocycles. The number of aromatic nitrogens is 2. The number of pyridine rings is 2. The van der Waals surface area contributed by atoms with Crippen LogP contribution in [0.2, 0.25) is 0 Å². The zero-order valence-corrected chi connectivity index (χ0v) is 26.7. The Morgan fingerprint density at radius 3 is 1.77 bits per heavy atom. The first-order valence-electron chi connectivity index (χ1n) is 14.6. The lowest BCUT2D eigenvalue weighted by atomic mass is 9.83. The highest BCUT2D eigenvalue weighted by Gasteiger charge is 2.57. The Bertz CT molecular complexity index is 1620. The molecule has 2 atom stereocenters. The van der Waals surface area contributed by atoms with E-state index in [1.165, 1.54) is 6.07 Å². The van der Waals surface area contributed by atoms with Crippen molar-refractivity contribution in [3.8, 4) is 0 Å². The van der Waals surface area contributed by atoms with Crippen LogP contribution in [0.4, 0.5) is 43.9 Å². The summed E-state index contributed by atoms with van der Waals surface area (Å²) in [6.45, 7) is 2.93. The molecule has 12 nitrogen and oxygen atoms in total. The minimum atomic E-state index is -5.08. The van der Waals surface area contributed by atoms with Gasteiger partial charge in [-0.25, -0.2) is 18.8 Å². The predicted molar refractivity (Wildman–Crippen MR) is 158 cm³/mol. The minimum absolute atomic E-state index is 0.0227. The van der Waals surface area contributed by atoms with E-state index in [0.717, 1.165) is 11.1 Å². The first-order chi connectivity index (χ1) is 24.5. The maximum Gasteiger partial charge on any atom is 0.490 e. The van der Waals surface area contributed by atoms with Crippen LogP contribution in [0.5, 0.6) is 0 Å². The number of rotatable bonds is 5.